The van der Waals surface area contributed by atoms with Gasteiger partial charge in [-0.05, 0) is 31.4 Å². The number of guanidine groups is 1. The molecular weight excluding hydrogens is 292 g/mol. The molecule has 1 aliphatic carbocycles. The molecule has 110 valence electrons. The van der Waals surface area contributed by atoms with Crippen LogP contribution in [0.5, 0.6) is 0 Å². The monoisotopic (exact) mass is 312 g/mol. The van der Waals surface area contributed by atoms with Gasteiger partial charge < -0.3 is 10.6 Å². The van der Waals surface area contributed by atoms with Gasteiger partial charge in [0.05, 0.1) is 10.9 Å². The topological polar surface area (TPSA) is 39.7 Å². The Morgan fingerprint density at radius 2 is 2.30 bits per heavy atom. The molecule has 1 saturated heterocycles. The minimum Gasteiger partial charge on any atom is -0.352 e. The third-order valence-electron chi connectivity index (χ3n) is 3.91. The minimum atomic E-state index is 0.522. The van der Waals surface area contributed by atoms with E-state index in [9.17, 15) is 0 Å². The van der Waals surface area contributed by atoms with Gasteiger partial charge in [0.1, 0.15) is 0 Å². The summed E-state index contributed by atoms with van der Waals surface area (Å²) in [5, 5.41) is 6.88. The van der Waals surface area contributed by atoms with Crippen LogP contribution in [0.15, 0.2) is 17.1 Å². The first-order valence-corrected chi connectivity index (χ1v) is 8.39. The Hall–Kier alpha value is -0.780. The van der Waals surface area contributed by atoms with E-state index in [1.54, 1.807) is 11.3 Å². The SMILES string of the molecule is CN=C(NCc1ccc(Cl)s1)NC1CCN(C2CC2)C1. The maximum absolute atomic E-state index is 5.94. The molecule has 0 spiro atoms. The third-order valence-corrected chi connectivity index (χ3v) is 5.14. The normalized spacial score (nSPS) is 24.1. The second kappa shape index (κ2) is 6.33. The van der Waals surface area contributed by atoms with Crippen molar-refractivity contribution in [3.05, 3.63) is 21.3 Å². The summed E-state index contributed by atoms with van der Waals surface area (Å²) in [7, 11) is 1.82. The van der Waals surface area contributed by atoms with E-state index in [-0.39, 0.29) is 0 Å². The average Bonchev–Trinajstić information content (AvgIpc) is 3.06. The van der Waals surface area contributed by atoms with Crippen molar-refractivity contribution in [3.8, 4) is 0 Å². The quantitative estimate of drug-likeness (QED) is 0.662. The van der Waals surface area contributed by atoms with Gasteiger partial charge in [0, 0.05) is 37.1 Å². The fraction of sp³-hybridized carbons (Fsp3) is 0.643. The summed E-state index contributed by atoms with van der Waals surface area (Å²) in [6.07, 6.45) is 3.99. The van der Waals surface area contributed by atoms with Crippen LogP contribution in [0, 0.1) is 0 Å². The highest BCUT2D eigenvalue weighted by atomic mass is 35.5. The molecule has 0 aromatic carbocycles. The predicted octanol–water partition coefficient (Wildman–Crippen LogP) is 2.30. The summed E-state index contributed by atoms with van der Waals surface area (Å²) in [5.41, 5.74) is 0. The Morgan fingerprint density at radius 3 is 2.95 bits per heavy atom. The van der Waals surface area contributed by atoms with Crippen molar-refractivity contribution in [3.63, 3.8) is 0 Å². The summed E-state index contributed by atoms with van der Waals surface area (Å²) in [6, 6.07) is 5.38. The van der Waals surface area contributed by atoms with E-state index in [0.717, 1.165) is 29.4 Å². The maximum Gasteiger partial charge on any atom is 0.191 e. The number of thiophene rings is 1. The van der Waals surface area contributed by atoms with Gasteiger partial charge in [-0.25, -0.2) is 0 Å². The van der Waals surface area contributed by atoms with Gasteiger partial charge in [0.2, 0.25) is 0 Å². The van der Waals surface area contributed by atoms with Gasteiger partial charge in [-0.1, -0.05) is 11.6 Å². The first kappa shape index (κ1) is 14.2. The molecule has 0 bridgehead atoms. The van der Waals surface area contributed by atoms with Gasteiger partial charge in [-0.3, -0.25) is 9.89 Å². The zero-order valence-electron chi connectivity index (χ0n) is 11.7. The van der Waals surface area contributed by atoms with Crippen molar-refractivity contribution in [2.75, 3.05) is 20.1 Å². The molecule has 20 heavy (non-hydrogen) atoms. The smallest absolute Gasteiger partial charge is 0.191 e. The van der Waals surface area contributed by atoms with E-state index in [1.165, 1.54) is 30.7 Å². The number of likely N-dealkylation sites (tertiary alicyclic amines) is 1. The lowest BCUT2D eigenvalue weighted by atomic mass is 10.3. The van der Waals surface area contributed by atoms with Gasteiger partial charge in [-0.15, -0.1) is 11.3 Å². The highest BCUT2D eigenvalue weighted by Crippen LogP contribution is 2.29. The zero-order chi connectivity index (χ0) is 13.9. The number of nitrogens with one attached hydrogen (secondary N) is 2. The molecule has 1 aromatic heterocycles. The standard InChI is InChI=1S/C14H21ClN4S/c1-16-14(17-8-12-4-5-13(15)20-12)18-10-6-7-19(9-10)11-2-3-11/h4-5,10-11H,2-3,6-9H2,1H3,(H2,16,17,18). The Kier molecular flexibility index (Phi) is 4.48. The molecule has 2 fully saturated rings. The summed E-state index contributed by atoms with van der Waals surface area (Å²) in [6.45, 7) is 3.15. The largest absolute Gasteiger partial charge is 0.352 e. The molecule has 1 aliphatic heterocycles. The minimum absolute atomic E-state index is 0.522. The summed E-state index contributed by atoms with van der Waals surface area (Å²) in [4.78, 5) is 8.13. The van der Waals surface area contributed by atoms with E-state index in [1.807, 2.05) is 13.1 Å². The summed E-state index contributed by atoms with van der Waals surface area (Å²) in [5.74, 6) is 0.886. The molecule has 1 unspecified atom stereocenters. The van der Waals surface area contributed by atoms with Crippen molar-refractivity contribution < 1.29 is 0 Å². The highest BCUT2D eigenvalue weighted by molar-refractivity contribution is 7.16. The Morgan fingerprint density at radius 1 is 1.45 bits per heavy atom. The average molecular weight is 313 g/mol. The fourth-order valence-corrected chi connectivity index (χ4v) is 3.71. The lowest BCUT2D eigenvalue weighted by Crippen LogP contribution is -2.44. The van der Waals surface area contributed by atoms with Gasteiger partial charge in [0.25, 0.3) is 0 Å². The van der Waals surface area contributed by atoms with Crippen LogP contribution < -0.4 is 10.6 Å². The van der Waals surface area contributed by atoms with Crippen molar-refractivity contribution in [2.24, 2.45) is 4.99 Å². The van der Waals surface area contributed by atoms with Gasteiger partial charge in [-0.2, -0.15) is 0 Å². The summed E-state index contributed by atoms with van der Waals surface area (Å²) < 4.78 is 0.834. The maximum atomic E-state index is 5.94. The fourth-order valence-electron chi connectivity index (χ4n) is 2.68. The van der Waals surface area contributed by atoms with Crippen LogP contribution in [0.25, 0.3) is 0 Å². The molecule has 1 atom stereocenters. The number of aliphatic imine (C=N–C) groups is 1. The summed E-state index contributed by atoms with van der Waals surface area (Å²) >= 11 is 7.55. The van der Waals surface area contributed by atoms with Crippen LogP contribution in [0.3, 0.4) is 0 Å². The van der Waals surface area contributed by atoms with E-state index in [2.05, 4.69) is 26.6 Å². The molecule has 4 nitrogen and oxygen atoms in total. The Balaban J connectivity index is 1.45. The van der Waals surface area contributed by atoms with E-state index < -0.39 is 0 Å². The lowest BCUT2D eigenvalue weighted by Gasteiger charge is -2.18. The first-order chi connectivity index (χ1) is 9.74. The van der Waals surface area contributed by atoms with Gasteiger partial charge in [0.15, 0.2) is 5.96 Å². The lowest BCUT2D eigenvalue weighted by molar-refractivity contribution is 0.321. The molecule has 2 aliphatic rings. The number of nitrogens with zero attached hydrogens (tertiary/aromatic N) is 2. The van der Waals surface area contributed by atoms with Crippen LogP contribution in [-0.4, -0.2) is 43.1 Å². The Bertz CT molecular complexity index is 483. The van der Waals surface area contributed by atoms with Crippen molar-refractivity contribution in [1.29, 1.82) is 0 Å². The number of hydrogen-bond acceptors (Lipinski definition) is 3. The molecule has 2 heterocycles. The van der Waals surface area contributed by atoms with Crippen LogP contribution in [0.1, 0.15) is 24.1 Å². The van der Waals surface area contributed by atoms with Crippen molar-refractivity contribution >= 4 is 28.9 Å². The van der Waals surface area contributed by atoms with Crippen LogP contribution >= 0.6 is 22.9 Å². The Labute approximate surface area is 129 Å². The van der Waals surface area contributed by atoms with E-state index >= 15 is 0 Å². The first-order valence-electron chi connectivity index (χ1n) is 7.20. The second-order valence-electron chi connectivity index (χ2n) is 5.49. The number of hydrogen-bond donors (Lipinski definition) is 2. The molecule has 0 amide bonds. The molecular formula is C14H21ClN4S. The predicted molar refractivity (Wildman–Crippen MR) is 85.7 cm³/mol. The zero-order valence-corrected chi connectivity index (χ0v) is 13.3. The molecule has 6 heteroatoms. The molecule has 3 rings (SSSR count). The van der Waals surface area contributed by atoms with Crippen LogP contribution in [-0.2, 0) is 6.54 Å². The molecule has 1 aromatic rings. The van der Waals surface area contributed by atoms with Crippen molar-refractivity contribution in [2.45, 2.75) is 37.9 Å². The number of halogens is 1. The van der Waals surface area contributed by atoms with Crippen LogP contribution in [0.2, 0.25) is 4.34 Å². The molecule has 1 saturated carbocycles. The second-order valence-corrected chi connectivity index (χ2v) is 7.29. The van der Waals surface area contributed by atoms with Crippen molar-refractivity contribution in [1.82, 2.24) is 15.5 Å². The van der Waals surface area contributed by atoms with E-state index in [4.69, 9.17) is 11.6 Å². The number of rotatable bonds is 4. The molecule has 2 N–H and O–H groups in total. The third kappa shape index (κ3) is 3.65. The van der Waals surface area contributed by atoms with Gasteiger partial charge >= 0.3 is 0 Å². The van der Waals surface area contributed by atoms with E-state index in [0.29, 0.717) is 6.04 Å². The van der Waals surface area contributed by atoms with Crippen LogP contribution in [0.4, 0.5) is 0 Å². The molecule has 0 radical (unpaired) electrons. The highest BCUT2D eigenvalue weighted by Gasteiger charge is 2.34.